The number of aryl methyl sites for hydroxylation is 1. The number of hydrogen-bond acceptors (Lipinski definition) is 6. The molecule has 10 heteroatoms. The van der Waals surface area contributed by atoms with Gasteiger partial charge in [0.2, 0.25) is 0 Å². The number of amides is 2. The van der Waals surface area contributed by atoms with E-state index < -0.39 is 18.0 Å². The molecule has 36 heavy (non-hydrogen) atoms. The van der Waals surface area contributed by atoms with Crippen LogP contribution >= 0.6 is 11.6 Å². The Labute approximate surface area is 214 Å². The molecule has 0 aliphatic carbocycles. The summed E-state index contributed by atoms with van der Waals surface area (Å²) >= 11 is 6.48. The van der Waals surface area contributed by atoms with Gasteiger partial charge in [-0.2, -0.15) is 0 Å². The van der Waals surface area contributed by atoms with Crippen LogP contribution in [0.2, 0.25) is 5.15 Å². The molecule has 3 aromatic rings. The lowest BCUT2D eigenvalue weighted by atomic mass is 10.0. The van der Waals surface area contributed by atoms with Crippen molar-refractivity contribution in [2.45, 2.75) is 27.2 Å². The number of urea groups is 1. The average Bonchev–Trinajstić information content (AvgIpc) is 3.16. The fourth-order valence-electron chi connectivity index (χ4n) is 3.59. The molecule has 3 rings (SSSR count). The van der Waals surface area contributed by atoms with Crippen molar-refractivity contribution in [2.24, 2.45) is 0 Å². The Morgan fingerprint density at radius 1 is 1.03 bits per heavy atom. The molecule has 9 nitrogen and oxygen atoms in total. The van der Waals surface area contributed by atoms with Crippen LogP contribution in [0.1, 0.15) is 36.3 Å². The van der Waals surface area contributed by atoms with Gasteiger partial charge in [0.05, 0.1) is 25.3 Å². The highest BCUT2D eigenvalue weighted by molar-refractivity contribution is 6.31. The summed E-state index contributed by atoms with van der Waals surface area (Å²) in [4.78, 5) is 36.7. The van der Waals surface area contributed by atoms with Gasteiger partial charge in [0.15, 0.2) is 5.69 Å². The van der Waals surface area contributed by atoms with Crippen LogP contribution in [0, 0.1) is 6.92 Å². The van der Waals surface area contributed by atoms with Crippen molar-refractivity contribution in [3.05, 3.63) is 64.9 Å². The number of carbonyl (C=O) groups excluding carboxylic acids is 3. The Hall–Kier alpha value is -3.98. The van der Waals surface area contributed by atoms with Crippen molar-refractivity contribution < 1.29 is 29.0 Å². The van der Waals surface area contributed by atoms with Crippen LogP contribution in [0.5, 0.6) is 5.75 Å². The number of nitrogens with zero attached hydrogens (tertiary/aromatic N) is 1. The number of anilines is 1. The third kappa shape index (κ3) is 6.17. The van der Waals surface area contributed by atoms with Crippen molar-refractivity contribution in [2.75, 3.05) is 25.1 Å². The molecule has 0 unspecified atom stereocenters. The first-order chi connectivity index (χ1) is 17.3. The highest BCUT2D eigenvalue weighted by atomic mass is 35.5. The van der Waals surface area contributed by atoms with Gasteiger partial charge in [-0.25, -0.2) is 9.59 Å². The first kappa shape index (κ1) is 26.6. The summed E-state index contributed by atoms with van der Waals surface area (Å²) in [5.41, 5.74) is 2.94. The zero-order valence-corrected chi connectivity index (χ0v) is 21.0. The number of carbonyl (C=O) groups is 3. The number of halogens is 1. The lowest BCUT2D eigenvalue weighted by Crippen LogP contribution is -2.31. The quantitative estimate of drug-likeness (QED) is 0.344. The molecule has 190 valence electrons. The normalized spacial score (nSPS) is 10.6. The number of phenols is 1. The molecule has 0 bridgehead atoms. The third-order valence-electron chi connectivity index (χ3n) is 5.27. The van der Waals surface area contributed by atoms with Crippen molar-refractivity contribution in [1.29, 1.82) is 0 Å². The minimum Gasteiger partial charge on any atom is -0.507 e. The van der Waals surface area contributed by atoms with E-state index in [0.717, 1.165) is 11.1 Å². The van der Waals surface area contributed by atoms with E-state index in [2.05, 4.69) is 10.6 Å². The van der Waals surface area contributed by atoms with Crippen LogP contribution in [0.25, 0.3) is 16.8 Å². The third-order valence-corrected chi connectivity index (χ3v) is 5.55. The molecule has 0 spiro atoms. The number of phenolic OH excluding ortho intramolecular Hbond substituents is 1. The van der Waals surface area contributed by atoms with Gasteiger partial charge in [-0.15, -0.1) is 0 Å². The van der Waals surface area contributed by atoms with E-state index in [1.54, 1.807) is 38.1 Å². The fourth-order valence-corrected chi connectivity index (χ4v) is 3.88. The van der Waals surface area contributed by atoms with E-state index in [9.17, 15) is 19.5 Å². The molecule has 0 saturated carbocycles. The summed E-state index contributed by atoms with van der Waals surface area (Å²) in [6.07, 6.45) is 0.0105. The lowest BCUT2D eigenvalue weighted by Gasteiger charge is -2.13. The number of para-hydroxylation sites is 1. The first-order valence-electron chi connectivity index (χ1n) is 11.4. The predicted octanol–water partition coefficient (Wildman–Crippen LogP) is 5.06. The minimum atomic E-state index is -0.674. The summed E-state index contributed by atoms with van der Waals surface area (Å²) in [5, 5.41) is 15.7. The van der Waals surface area contributed by atoms with Crippen molar-refractivity contribution in [3.63, 3.8) is 0 Å². The minimum absolute atomic E-state index is 0.0105. The van der Waals surface area contributed by atoms with Gasteiger partial charge in [-0.1, -0.05) is 41.9 Å². The van der Waals surface area contributed by atoms with E-state index in [0.29, 0.717) is 11.3 Å². The van der Waals surface area contributed by atoms with Gasteiger partial charge in [-0.3, -0.25) is 9.36 Å². The maximum Gasteiger partial charge on any atom is 0.357 e. The number of aromatic hydroxyl groups is 1. The molecule has 0 radical (unpaired) electrons. The SMILES string of the molecule is CCOC(=O)CCNC(=O)Nc1cc(Cl)n(-c2ccc(-c3cccc(C)c3O)cc2)c1C(=O)OCC. The molecule has 0 aliphatic rings. The number of ether oxygens (including phenoxy) is 2. The molecule has 2 aromatic carbocycles. The highest BCUT2D eigenvalue weighted by Crippen LogP contribution is 2.34. The van der Waals surface area contributed by atoms with Gasteiger partial charge in [-0.05, 0) is 44.0 Å². The number of aromatic nitrogens is 1. The smallest absolute Gasteiger partial charge is 0.357 e. The van der Waals surface area contributed by atoms with Crippen LogP contribution in [-0.2, 0) is 14.3 Å². The second-order valence-corrected chi connectivity index (χ2v) is 8.13. The zero-order chi connectivity index (χ0) is 26.2. The van der Waals surface area contributed by atoms with Crippen LogP contribution < -0.4 is 10.6 Å². The van der Waals surface area contributed by atoms with Crippen LogP contribution in [0.4, 0.5) is 10.5 Å². The number of rotatable bonds is 9. The number of benzene rings is 2. The van der Waals surface area contributed by atoms with E-state index in [-0.39, 0.29) is 48.5 Å². The van der Waals surface area contributed by atoms with Crippen molar-refractivity contribution in [3.8, 4) is 22.6 Å². The molecule has 0 fully saturated rings. The molecule has 0 aliphatic heterocycles. The molecule has 1 heterocycles. The number of hydrogen-bond donors (Lipinski definition) is 3. The van der Waals surface area contributed by atoms with Gasteiger partial charge >= 0.3 is 18.0 Å². The molecule has 3 N–H and O–H groups in total. The maximum atomic E-state index is 12.8. The van der Waals surface area contributed by atoms with E-state index in [1.165, 1.54) is 10.6 Å². The number of nitrogens with one attached hydrogen (secondary N) is 2. The van der Waals surface area contributed by atoms with Crippen molar-refractivity contribution in [1.82, 2.24) is 9.88 Å². The zero-order valence-electron chi connectivity index (χ0n) is 20.3. The summed E-state index contributed by atoms with van der Waals surface area (Å²) in [5.74, 6) is -0.912. The van der Waals surface area contributed by atoms with Gasteiger partial charge < -0.3 is 25.2 Å². The van der Waals surface area contributed by atoms with Crippen molar-refractivity contribution >= 4 is 35.3 Å². The Bertz CT molecular complexity index is 1250. The maximum absolute atomic E-state index is 12.8. The average molecular weight is 514 g/mol. The summed E-state index contributed by atoms with van der Waals surface area (Å²) in [6, 6.07) is 13.4. The Morgan fingerprint density at radius 3 is 2.39 bits per heavy atom. The predicted molar refractivity (Wildman–Crippen MR) is 137 cm³/mol. The highest BCUT2D eigenvalue weighted by Gasteiger charge is 2.24. The summed E-state index contributed by atoms with van der Waals surface area (Å²) in [6.45, 7) is 5.63. The Kier molecular flexibility index (Phi) is 8.97. The monoisotopic (exact) mass is 513 g/mol. The Balaban J connectivity index is 1.88. The molecular formula is C26H28ClN3O6. The largest absolute Gasteiger partial charge is 0.507 e. The summed E-state index contributed by atoms with van der Waals surface area (Å²) in [7, 11) is 0. The van der Waals surface area contributed by atoms with Crippen LogP contribution in [0.15, 0.2) is 48.5 Å². The molecule has 1 aromatic heterocycles. The lowest BCUT2D eigenvalue weighted by molar-refractivity contribution is -0.142. The molecule has 0 saturated heterocycles. The fraction of sp³-hybridized carbons (Fsp3) is 0.269. The van der Waals surface area contributed by atoms with Crippen LogP contribution in [0.3, 0.4) is 0 Å². The topological polar surface area (TPSA) is 119 Å². The van der Waals surface area contributed by atoms with E-state index in [1.807, 2.05) is 25.1 Å². The number of esters is 2. The van der Waals surface area contributed by atoms with Gasteiger partial charge in [0, 0.05) is 23.9 Å². The van der Waals surface area contributed by atoms with Gasteiger partial charge in [0.1, 0.15) is 10.9 Å². The molecule has 0 atom stereocenters. The van der Waals surface area contributed by atoms with Gasteiger partial charge in [0.25, 0.3) is 0 Å². The summed E-state index contributed by atoms with van der Waals surface area (Å²) < 4.78 is 11.5. The van der Waals surface area contributed by atoms with Crippen LogP contribution in [-0.4, -0.2) is 47.4 Å². The molecule has 2 amide bonds. The molecular weight excluding hydrogens is 486 g/mol. The second-order valence-electron chi connectivity index (χ2n) is 7.74. The van der Waals surface area contributed by atoms with E-state index in [4.69, 9.17) is 21.1 Å². The Morgan fingerprint density at radius 2 is 1.72 bits per heavy atom. The van der Waals surface area contributed by atoms with E-state index >= 15 is 0 Å². The second kappa shape index (κ2) is 12.1. The first-order valence-corrected chi connectivity index (χ1v) is 11.8. The standard InChI is InChI=1S/C26H28ClN3O6/c1-4-35-22(31)13-14-28-26(34)29-20-15-21(27)30(23(20)25(33)36-5-2)18-11-9-17(10-12-18)19-8-6-7-16(3)24(19)32/h6-12,15,32H,4-5,13-14H2,1-3H3,(H2,28,29,34).